The molecule has 72 valence electrons. The molecule has 0 unspecified atom stereocenters. The Morgan fingerprint density at radius 1 is 1.46 bits per heavy atom. The molecule has 0 saturated heterocycles. The predicted molar refractivity (Wildman–Crippen MR) is 47.8 cm³/mol. The highest BCUT2D eigenvalue weighted by Crippen LogP contribution is 2.21. The summed E-state index contributed by atoms with van der Waals surface area (Å²) in [6.07, 6.45) is 0. The molecular formula is C7H9NO4S. The maximum absolute atomic E-state index is 10.3. The zero-order chi connectivity index (χ0) is 10.1. The lowest BCUT2D eigenvalue weighted by Gasteiger charge is -2.04. The van der Waals surface area contributed by atoms with Crippen LogP contribution in [0.25, 0.3) is 0 Å². The Bertz CT molecular complexity index is 413. The topological polar surface area (TPSA) is 89.6 Å². The van der Waals surface area contributed by atoms with Crippen molar-refractivity contribution >= 4 is 16.1 Å². The van der Waals surface area contributed by atoms with Gasteiger partial charge in [0.25, 0.3) is 0 Å². The first-order valence-electron chi connectivity index (χ1n) is 3.41. The zero-order valence-corrected chi connectivity index (χ0v) is 7.71. The summed E-state index contributed by atoms with van der Waals surface area (Å²) in [7, 11) is -4.45. The number of aryl methyl sites for hydroxylation is 1. The number of rotatable bonds is 2. The Labute approximate surface area is 76.1 Å². The van der Waals surface area contributed by atoms with Gasteiger partial charge in [0.1, 0.15) is 5.75 Å². The van der Waals surface area contributed by atoms with Crippen molar-refractivity contribution in [3.05, 3.63) is 23.8 Å². The van der Waals surface area contributed by atoms with E-state index in [1.54, 1.807) is 13.0 Å². The maximum atomic E-state index is 10.3. The van der Waals surface area contributed by atoms with E-state index in [4.69, 9.17) is 10.3 Å². The molecule has 0 spiro atoms. The molecule has 0 atom stereocenters. The van der Waals surface area contributed by atoms with Gasteiger partial charge in [-0.25, -0.2) is 0 Å². The predicted octanol–water partition coefficient (Wildman–Crippen LogP) is 0.759. The van der Waals surface area contributed by atoms with Crippen LogP contribution >= 0.6 is 0 Å². The Morgan fingerprint density at radius 3 is 2.54 bits per heavy atom. The first-order chi connectivity index (χ1) is 5.88. The van der Waals surface area contributed by atoms with E-state index in [9.17, 15) is 8.42 Å². The molecule has 1 rings (SSSR count). The van der Waals surface area contributed by atoms with E-state index in [2.05, 4.69) is 4.18 Å². The van der Waals surface area contributed by atoms with Gasteiger partial charge in [0.15, 0.2) is 0 Å². The molecule has 6 heteroatoms. The standard InChI is InChI=1S/C7H9NO4S/c1-5-4-6(8)2-3-7(5)12-13(9,10)11/h2-4H,8H2,1H3,(H,9,10,11). The highest BCUT2D eigenvalue weighted by atomic mass is 32.3. The molecule has 0 heterocycles. The van der Waals surface area contributed by atoms with E-state index < -0.39 is 10.4 Å². The minimum absolute atomic E-state index is 0.0664. The highest BCUT2D eigenvalue weighted by Gasteiger charge is 2.08. The first kappa shape index (κ1) is 9.82. The van der Waals surface area contributed by atoms with Crippen molar-refractivity contribution in [2.24, 2.45) is 0 Å². The van der Waals surface area contributed by atoms with Crippen LogP contribution in [0.1, 0.15) is 5.56 Å². The Hall–Kier alpha value is -1.27. The van der Waals surface area contributed by atoms with Gasteiger partial charge >= 0.3 is 10.4 Å². The Balaban J connectivity index is 3.04. The molecule has 1 aromatic rings. The van der Waals surface area contributed by atoms with Crippen molar-refractivity contribution in [3.8, 4) is 5.75 Å². The van der Waals surface area contributed by atoms with E-state index in [0.717, 1.165) is 0 Å². The van der Waals surface area contributed by atoms with Gasteiger partial charge in [-0.1, -0.05) is 0 Å². The fourth-order valence-corrected chi connectivity index (χ4v) is 1.29. The van der Waals surface area contributed by atoms with E-state index in [0.29, 0.717) is 11.3 Å². The second-order valence-corrected chi connectivity index (χ2v) is 3.56. The fourth-order valence-electron chi connectivity index (χ4n) is 0.880. The largest absolute Gasteiger partial charge is 0.446 e. The van der Waals surface area contributed by atoms with Crippen LogP contribution in [0, 0.1) is 6.92 Å². The average Bonchev–Trinajstić information content (AvgIpc) is 1.93. The van der Waals surface area contributed by atoms with E-state index >= 15 is 0 Å². The Morgan fingerprint density at radius 2 is 2.08 bits per heavy atom. The molecule has 5 nitrogen and oxygen atoms in total. The molecule has 0 aromatic heterocycles. The summed E-state index contributed by atoms with van der Waals surface area (Å²) in [6.45, 7) is 1.62. The average molecular weight is 203 g/mol. The molecule has 0 radical (unpaired) electrons. The summed E-state index contributed by atoms with van der Waals surface area (Å²) in [6, 6.07) is 4.40. The molecule has 0 aliphatic rings. The van der Waals surface area contributed by atoms with Crippen LogP contribution in [0.5, 0.6) is 5.75 Å². The molecule has 1 aromatic carbocycles. The normalized spacial score (nSPS) is 11.2. The summed E-state index contributed by atoms with van der Waals surface area (Å²) in [5.74, 6) is 0.0664. The van der Waals surface area contributed by atoms with Gasteiger partial charge in [0.05, 0.1) is 0 Å². The van der Waals surface area contributed by atoms with Crippen LogP contribution in [-0.2, 0) is 10.4 Å². The lowest BCUT2D eigenvalue weighted by Crippen LogP contribution is -2.07. The number of nitrogen functional groups attached to an aromatic ring is 1. The van der Waals surface area contributed by atoms with E-state index in [1.807, 2.05) is 0 Å². The van der Waals surface area contributed by atoms with Gasteiger partial charge in [0, 0.05) is 5.69 Å². The monoisotopic (exact) mass is 203 g/mol. The number of nitrogens with two attached hydrogens (primary N) is 1. The van der Waals surface area contributed by atoms with Crippen LogP contribution in [0.3, 0.4) is 0 Å². The van der Waals surface area contributed by atoms with Gasteiger partial charge in [-0.15, -0.1) is 0 Å². The third-order valence-corrected chi connectivity index (χ3v) is 1.78. The summed E-state index contributed by atoms with van der Waals surface area (Å²) >= 11 is 0. The van der Waals surface area contributed by atoms with Gasteiger partial charge in [-0.2, -0.15) is 8.42 Å². The minimum Gasteiger partial charge on any atom is -0.399 e. The molecule has 3 N–H and O–H groups in total. The summed E-state index contributed by atoms with van der Waals surface area (Å²) < 4.78 is 33.3. The second kappa shape index (κ2) is 3.23. The number of benzene rings is 1. The Kier molecular flexibility index (Phi) is 2.44. The fraction of sp³-hybridized carbons (Fsp3) is 0.143. The summed E-state index contributed by atoms with van der Waals surface area (Å²) in [5.41, 5.74) is 6.46. The second-order valence-electron chi connectivity index (χ2n) is 2.54. The van der Waals surface area contributed by atoms with Crippen LogP contribution < -0.4 is 9.92 Å². The molecule has 0 fully saturated rings. The number of hydrogen-bond donors (Lipinski definition) is 2. The zero-order valence-electron chi connectivity index (χ0n) is 6.89. The van der Waals surface area contributed by atoms with E-state index in [1.165, 1.54) is 12.1 Å². The molecule has 0 aliphatic carbocycles. The van der Waals surface area contributed by atoms with Gasteiger partial charge < -0.3 is 9.92 Å². The lowest BCUT2D eigenvalue weighted by atomic mass is 10.2. The smallest absolute Gasteiger partial charge is 0.399 e. The quantitative estimate of drug-likeness (QED) is 0.547. The first-order valence-corrected chi connectivity index (χ1v) is 4.78. The van der Waals surface area contributed by atoms with Crippen LogP contribution in [0.2, 0.25) is 0 Å². The van der Waals surface area contributed by atoms with Crippen LogP contribution in [-0.4, -0.2) is 13.0 Å². The van der Waals surface area contributed by atoms with Crippen molar-refractivity contribution in [1.29, 1.82) is 0 Å². The molecular weight excluding hydrogens is 194 g/mol. The van der Waals surface area contributed by atoms with Crippen molar-refractivity contribution in [1.82, 2.24) is 0 Å². The van der Waals surface area contributed by atoms with Crippen LogP contribution in [0.15, 0.2) is 18.2 Å². The highest BCUT2D eigenvalue weighted by molar-refractivity contribution is 7.81. The molecule has 0 bridgehead atoms. The SMILES string of the molecule is Cc1cc(N)ccc1OS(=O)(=O)O. The van der Waals surface area contributed by atoms with Crippen molar-refractivity contribution in [3.63, 3.8) is 0 Å². The summed E-state index contributed by atoms with van der Waals surface area (Å²) in [5, 5.41) is 0. The minimum atomic E-state index is -4.45. The maximum Gasteiger partial charge on any atom is 0.446 e. The van der Waals surface area contributed by atoms with Gasteiger partial charge in [-0.05, 0) is 30.7 Å². The summed E-state index contributed by atoms with van der Waals surface area (Å²) in [4.78, 5) is 0. The molecule has 0 amide bonds. The van der Waals surface area contributed by atoms with Crippen molar-refractivity contribution in [2.45, 2.75) is 6.92 Å². The van der Waals surface area contributed by atoms with Crippen molar-refractivity contribution in [2.75, 3.05) is 5.73 Å². The third kappa shape index (κ3) is 2.92. The lowest BCUT2D eigenvalue weighted by molar-refractivity contribution is 0.386. The van der Waals surface area contributed by atoms with Gasteiger partial charge in [0.2, 0.25) is 0 Å². The number of anilines is 1. The van der Waals surface area contributed by atoms with E-state index in [-0.39, 0.29) is 5.75 Å². The number of hydrogen-bond acceptors (Lipinski definition) is 4. The molecule has 0 saturated carbocycles. The van der Waals surface area contributed by atoms with Crippen molar-refractivity contribution < 1.29 is 17.2 Å². The van der Waals surface area contributed by atoms with Crippen LogP contribution in [0.4, 0.5) is 5.69 Å². The third-order valence-electron chi connectivity index (χ3n) is 1.39. The van der Waals surface area contributed by atoms with Gasteiger partial charge in [-0.3, -0.25) is 4.55 Å². The molecule has 0 aliphatic heterocycles. The molecule has 13 heavy (non-hydrogen) atoms.